The summed E-state index contributed by atoms with van der Waals surface area (Å²) in [6, 6.07) is 12.2. The van der Waals surface area contributed by atoms with E-state index in [1.54, 1.807) is 0 Å². The number of nitrogens with zero attached hydrogens (tertiary/aromatic N) is 3. The van der Waals surface area contributed by atoms with Gasteiger partial charge in [0, 0.05) is 36.8 Å². The maximum absolute atomic E-state index is 15.1. The number of carbonyl (C=O) groups excluding carboxylic acids is 1. The van der Waals surface area contributed by atoms with Crippen LogP contribution in [-0.2, 0) is 22.5 Å². The highest BCUT2D eigenvalue weighted by Gasteiger charge is 2.29. The summed E-state index contributed by atoms with van der Waals surface area (Å²) in [7, 11) is 0. The number of anilines is 1. The molecule has 1 aliphatic rings. The third-order valence-electron chi connectivity index (χ3n) is 8.47. The largest absolute Gasteiger partial charge is 0.372 e. The quantitative estimate of drug-likeness (QED) is 0.150. The van der Waals surface area contributed by atoms with Crippen LogP contribution in [0.15, 0.2) is 67.0 Å². The maximum atomic E-state index is 15.1. The maximum Gasteiger partial charge on any atom is 0.242 e. The summed E-state index contributed by atoms with van der Waals surface area (Å²) in [5.74, 6) is -2.72. The van der Waals surface area contributed by atoms with Crippen LogP contribution in [0, 0.1) is 31.3 Å². The Bertz CT molecular complexity index is 1570. The van der Waals surface area contributed by atoms with Crippen LogP contribution in [0.4, 0.5) is 18.9 Å². The van der Waals surface area contributed by atoms with E-state index in [1.165, 1.54) is 54.7 Å². The minimum absolute atomic E-state index is 0.0178. The Balaban J connectivity index is 1.17. The molecule has 0 aliphatic carbocycles. The lowest BCUT2D eigenvalue weighted by Crippen LogP contribution is -2.45. The van der Waals surface area contributed by atoms with Crippen LogP contribution in [0.3, 0.4) is 0 Å². The topological polar surface area (TPSA) is 119 Å². The van der Waals surface area contributed by atoms with Gasteiger partial charge in [-0.25, -0.2) is 13.2 Å². The molecule has 5 rings (SSSR count). The van der Waals surface area contributed by atoms with Crippen molar-refractivity contribution in [2.45, 2.75) is 63.8 Å². The van der Waals surface area contributed by atoms with E-state index >= 15 is 4.39 Å². The summed E-state index contributed by atoms with van der Waals surface area (Å²) >= 11 is 0. The predicted molar refractivity (Wildman–Crippen MR) is 174 cm³/mol. The van der Waals surface area contributed by atoms with E-state index in [4.69, 9.17) is 10.5 Å². The van der Waals surface area contributed by atoms with Crippen molar-refractivity contribution in [1.29, 1.82) is 0 Å². The number of morpholine rings is 1. The number of amides is 1. The number of halogens is 3. The van der Waals surface area contributed by atoms with Crippen molar-refractivity contribution in [3.05, 3.63) is 113 Å². The molecule has 1 fully saturated rings. The number of aryl methyl sites for hydroxylation is 2. The summed E-state index contributed by atoms with van der Waals surface area (Å²) in [6.45, 7) is 7.81. The van der Waals surface area contributed by atoms with Gasteiger partial charge in [0.15, 0.2) is 0 Å². The second-order valence-corrected chi connectivity index (χ2v) is 12.0. The summed E-state index contributed by atoms with van der Waals surface area (Å²) in [4.78, 5) is 17.5. The number of ether oxygens (including phenoxy) is 1. The van der Waals surface area contributed by atoms with Gasteiger partial charge in [-0.1, -0.05) is 24.3 Å². The first-order valence-corrected chi connectivity index (χ1v) is 16.0. The Kier molecular flexibility index (Phi) is 11.8. The van der Waals surface area contributed by atoms with Crippen LogP contribution in [0.1, 0.15) is 46.8 Å². The number of carbonyl (C=O) groups is 1. The Labute approximate surface area is 273 Å². The van der Waals surface area contributed by atoms with Gasteiger partial charge in [-0.15, -0.1) is 0 Å². The number of benzene rings is 2. The number of rotatable bonds is 14. The SMILES string of the molecule is Cc1cc(C)n(CCNCC[C@@H]2CNC[C@@H](CCc3c(F)cncc3NC(=O)[C@@H](N)C(c3ccc(F)cc3)c3ccc(F)cc3)O2)n1. The molecule has 0 saturated carbocycles. The van der Waals surface area contributed by atoms with Crippen LogP contribution in [0.2, 0.25) is 0 Å². The molecule has 0 spiro atoms. The molecule has 0 radical (unpaired) electrons. The third-order valence-corrected chi connectivity index (χ3v) is 8.47. The van der Waals surface area contributed by atoms with Gasteiger partial charge in [0.1, 0.15) is 17.5 Å². The van der Waals surface area contributed by atoms with Crippen LogP contribution in [-0.4, -0.2) is 65.1 Å². The second kappa shape index (κ2) is 16.1. The number of nitrogens with two attached hydrogens (primary N) is 1. The second-order valence-electron chi connectivity index (χ2n) is 12.0. The zero-order valence-corrected chi connectivity index (χ0v) is 26.7. The molecule has 0 bridgehead atoms. The molecule has 2 aromatic heterocycles. The highest BCUT2D eigenvalue weighted by Crippen LogP contribution is 2.29. The highest BCUT2D eigenvalue weighted by atomic mass is 19.1. The molecule has 3 heterocycles. The average Bonchev–Trinajstić information content (AvgIpc) is 3.38. The molecular weight excluding hydrogens is 607 g/mol. The Morgan fingerprint density at radius 3 is 2.23 bits per heavy atom. The summed E-state index contributed by atoms with van der Waals surface area (Å²) in [5.41, 5.74) is 10.3. The van der Waals surface area contributed by atoms with E-state index in [1.807, 2.05) is 18.5 Å². The summed E-state index contributed by atoms with van der Waals surface area (Å²) in [6.07, 6.45) is 4.05. The van der Waals surface area contributed by atoms with Crippen molar-refractivity contribution in [1.82, 2.24) is 25.4 Å². The van der Waals surface area contributed by atoms with Crippen molar-refractivity contribution in [2.75, 3.05) is 31.5 Å². The van der Waals surface area contributed by atoms with Gasteiger partial charge in [0.05, 0.1) is 48.6 Å². The van der Waals surface area contributed by atoms with E-state index < -0.39 is 35.3 Å². The fourth-order valence-electron chi connectivity index (χ4n) is 6.03. The van der Waals surface area contributed by atoms with E-state index in [0.29, 0.717) is 36.1 Å². The highest BCUT2D eigenvalue weighted by molar-refractivity contribution is 5.96. The lowest BCUT2D eigenvalue weighted by atomic mass is 9.85. The van der Waals surface area contributed by atoms with Crippen LogP contribution >= 0.6 is 0 Å². The van der Waals surface area contributed by atoms with Gasteiger partial charge in [-0.3, -0.25) is 14.5 Å². The third kappa shape index (κ3) is 9.25. The van der Waals surface area contributed by atoms with E-state index in [0.717, 1.165) is 50.2 Å². The van der Waals surface area contributed by atoms with E-state index in [2.05, 4.69) is 32.1 Å². The van der Waals surface area contributed by atoms with Crippen LogP contribution < -0.4 is 21.7 Å². The molecule has 5 N–H and O–H groups in total. The molecule has 4 aromatic rings. The van der Waals surface area contributed by atoms with Crippen molar-refractivity contribution < 1.29 is 22.7 Å². The van der Waals surface area contributed by atoms with Gasteiger partial charge < -0.3 is 26.4 Å². The van der Waals surface area contributed by atoms with Crippen molar-refractivity contribution >= 4 is 11.6 Å². The zero-order valence-electron chi connectivity index (χ0n) is 26.7. The van der Waals surface area contributed by atoms with Crippen molar-refractivity contribution in [3.8, 4) is 0 Å². The minimum atomic E-state index is -1.16. The van der Waals surface area contributed by atoms with Crippen LogP contribution in [0.5, 0.6) is 0 Å². The van der Waals surface area contributed by atoms with Gasteiger partial charge >= 0.3 is 0 Å². The molecule has 1 saturated heterocycles. The standard InChI is InChI=1S/C35H42F3N7O2/c1-22-17-23(2)45(44-22)16-15-40-14-13-29-19-41-18-28(47-29)11-12-30-31(38)20-42-21-32(30)43-35(46)34(39)33(24-3-7-26(36)8-4-24)25-5-9-27(37)10-6-25/h3-10,17,20-21,28-29,33-34,40-41H,11-16,18-19,39H2,1-2H3,(H,43,46)/t28-,29-,34+/m1/s1. The molecular formula is C35H42F3N7O2. The number of hydrogen-bond donors (Lipinski definition) is 4. The zero-order chi connectivity index (χ0) is 33.3. The first-order chi connectivity index (χ1) is 22.7. The molecule has 1 aliphatic heterocycles. The lowest BCUT2D eigenvalue weighted by Gasteiger charge is -2.31. The Morgan fingerprint density at radius 2 is 1.62 bits per heavy atom. The molecule has 250 valence electrons. The van der Waals surface area contributed by atoms with Gasteiger partial charge in [0.25, 0.3) is 0 Å². The number of nitrogens with one attached hydrogen (secondary N) is 3. The smallest absolute Gasteiger partial charge is 0.242 e. The van der Waals surface area contributed by atoms with Crippen molar-refractivity contribution in [2.24, 2.45) is 5.73 Å². The first kappa shape index (κ1) is 34.2. The predicted octanol–water partition coefficient (Wildman–Crippen LogP) is 4.38. The van der Waals surface area contributed by atoms with Crippen LogP contribution in [0.25, 0.3) is 0 Å². The minimum Gasteiger partial charge on any atom is -0.372 e. The molecule has 47 heavy (non-hydrogen) atoms. The molecule has 12 heteroatoms. The number of aromatic nitrogens is 3. The first-order valence-electron chi connectivity index (χ1n) is 16.0. The molecule has 2 aromatic carbocycles. The van der Waals surface area contributed by atoms with E-state index in [-0.39, 0.29) is 17.9 Å². The molecule has 1 amide bonds. The van der Waals surface area contributed by atoms with E-state index in [9.17, 15) is 13.6 Å². The Morgan fingerprint density at radius 1 is 0.979 bits per heavy atom. The van der Waals surface area contributed by atoms with Gasteiger partial charge in [-0.2, -0.15) is 5.10 Å². The monoisotopic (exact) mass is 649 g/mol. The van der Waals surface area contributed by atoms with Crippen molar-refractivity contribution in [3.63, 3.8) is 0 Å². The van der Waals surface area contributed by atoms with Gasteiger partial charge in [0.2, 0.25) is 5.91 Å². The molecule has 3 atom stereocenters. The summed E-state index contributed by atoms with van der Waals surface area (Å²) < 4.78 is 50.8. The fourth-order valence-corrected chi connectivity index (χ4v) is 6.03. The lowest BCUT2D eigenvalue weighted by molar-refractivity contribution is -0.117. The summed E-state index contributed by atoms with van der Waals surface area (Å²) in [5, 5.41) is 14.1. The van der Waals surface area contributed by atoms with Gasteiger partial charge in [-0.05, 0) is 81.1 Å². The Hall–Kier alpha value is -4.10. The normalized spacial score (nSPS) is 17.2. The fraction of sp³-hybridized carbons (Fsp3) is 0.400. The number of hydrogen-bond acceptors (Lipinski definition) is 7. The molecule has 0 unspecified atom stereocenters. The number of pyridine rings is 1. The molecule has 9 nitrogen and oxygen atoms in total. The average molecular weight is 650 g/mol.